The Labute approximate surface area is 119 Å². The minimum Gasteiger partial charge on any atom is -0.370 e. The second kappa shape index (κ2) is 18.4. The molecule has 0 aliphatic rings. The minimum atomic E-state index is -0.875. The van der Waals surface area contributed by atoms with Crippen molar-refractivity contribution in [2.45, 2.75) is 0 Å². The molecule has 0 unspecified atom stereocenters. The smallest absolute Gasteiger partial charge is 0.341 e. The molecule has 21 heavy (non-hydrogen) atoms. The Kier molecular flexibility index (Phi) is 22.6. The second-order valence-corrected chi connectivity index (χ2v) is 2.37. The molecule has 0 saturated carbocycles. The highest BCUT2D eigenvalue weighted by Gasteiger charge is 1.83. The Bertz CT molecular complexity index is 391. The Morgan fingerprint density at radius 3 is 1.14 bits per heavy atom. The van der Waals surface area contributed by atoms with Crippen LogP contribution < -0.4 is 51.6 Å². The van der Waals surface area contributed by atoms with Gasteiger partial charge in [0.1, 0.15) is 0 Å². The van der Waals surface area contributed by atoms with Crippen LogP contribution in [-0.2, 0) is 0 Å². The van der Waals surface area contributed by atoms with Crippen molar-refractivity contribution in [1.82, 2.24) is 0 Å². The zero-order valence-electron chi connectivity index (χ0n) is 10.9. The van der Waals surface area contributed by atoms with E-state index in [0.717, 1.165) is 0 Å². The molecule has 0 fully saturated rings. The highest BCUT2D eigenvalue weighted by Crippen LogP contribution is 1.60. The summed E-state index contributed by atoms with van der Waals surface area (Å²) < 4.78 is 0. The molecule has 15 nitrogen and oxygen atoms in total. The normalized spacial score (nSPS) is 6.43. The molecule has 0 atom stereocenters. The van der Waals surface area contributed by atoms with E-state index < -0.39 is 12.1 Å². The van der Waals surface area contributed by atoms with Gasteiger partial charge in [-0.3, -0.25) is 5.41 Å². The number of nitriles is 1. The summed E-state index contributed by atoms with van der Waals surface area (Å²) in [5, 5.41) is 13.7. The molecule has 0 saturated heterocycles. The molecular weight excluding hydrogens is 286 g/mol. The molecule has 0 aliphatic carbocycles. The average Bonchev–Trinajstić information content (AvgIpc) is 2.12. The topological polar surface area (TPSA) is 341 Å². The molecule has 0 aromatic heterocycles. The van der Waals surface area contributed by atoms with Crippen LogP contribution in [0.1, 0.15) is 0 Å². The summed E-state index contributed by atoms with van der Waals surface area (Å²) in [5.41, 5.74) is 40.8. The average molecular weight is 305 g/mol. The van der Waals surface area contributed by atoms with Crippen molar-refractivity contribution >= 4 is 29.9 Å². The summed E-state index contributed by atoms with van der Waals surface area (Å²) in [4.78, 5) is 24.5. The van der Waals surface area contributed by atoms with E-state index in [4.69, 9.17) is 38.4 Å². The van der Waals surface area contributed by atoms with Gasteiger partial charge in [0.25, 0.3) is 0 Å². The van der Waals surface area contributed by atoms with E-state index in [1.54, 1.807) is 0 Å². The zero-order valence-corrected chi connectivity index (χ0v) is 10.9. The molecule has 0 aliphatic heterocycles. The van der Waals surface area contributed by atoms with Crippen molar-refractivity contribution in [3.05, 3.63) is 0 Å². The Morgan fingerprint density at radius 2 is 1.14 bits per heavy atom. The number of carbonyl (C=O) groups excluding carboxylic acids is 2. The molecule has 0 rings (SSSR count). The first-order valence-corrected chi connectivity index (χ1v) is 4.37. The largest absolute Gasteiger partial charge is 0.370 e. The lowest BCUT2D eigenvalue weighted by Crippen LogP contribution is -2.25. The number of carbonyl (C=O) groups is 2. The lowest BCUT2D eigenvalue weighted by molar-refractivity contribution is 0.255. The van der Waals surface area contributed by atoms with Gasteiger partial charge in [-0.15, -0.1) is 4.99 Å². The molecule has 19 N–H and O–H groups in total. The highest BCUT2D eigenvalue weighted by molar-refractivity contribution is 5.89. The quantitative estimate of drug-likeness (QED) is 0.116. The third-order valence-corrected chi connectivity index (χ3v) is 0.418. The lowest BCUT2D eigenvalue weighted by atomic mass is 11.0. The zero-order chi connectivity index (χ0) is 18.0. The maximum Gasteiger partial charge on any atom is 0.341 e. The number of guanidine groups is 3. The molecular formula is C6H19N13O2. The Balaban J connectivity index is -0.0000000948. The molecule has 0 bridgehead atoms. The van der Waals surface area contributed by atoms with Gasteiger partial charge >= 0.3 is 12.1 Å². The first-order chi connectivity index (χ1) is 9.36. The number of nitrogens with two attached hydrogens (primary N) is 9. The van der Waals surface area contributed by atoms with E-state index in [1.807, 2.05) is 0 Å². The van der Waals surface area contributed by atoms with E-state index in [0.29, 0.717) is 0 Å². The summed E-state index contributed by atoms with van der Waals surface area (Å²) in [5.74, 6) is -0.843. The number of primary amides is 3. The van der Waals surface area contributed by atoms with Crippen LogP contribution in [0.4, 0.5) is 9.59 Å². The molecule has 0 aromatic carbocycles. The van der Waals surface area contributed by atoms with E-state index in [1.165, 1.54) is 6.19 Å². The van der Waals surface area contributed by atoms with Gasteiger partial charge in [-0.25, -0.2) is 9.59 Å². The van der Waals surface area contributed by atoms with Gasteiger partial charge in [0.2, 0.25) is 12.2 Å². The van der Waals surface area contributed by atoms with Gasteiger partial charge in [0, 0.05) is 0 Å². The van der Waals surface area contributed by atoms with E-state index >= 15 is 0 Å². The van der Waals surface area contributed by atoms with Crippen LogP contribution in [0.15, 0.2) is 9.98 Å². The number of nitrogens with one attached hydrogen (secondary N) is 1. The summed E-state index contributed by atoms with van der Waals surface area (Å²) in [6.07, 6.45) is 1.41. The van der Waals surface area contributed by atoms with Gasteiger partial charge in [-0.2, -0.15) is 10.3 Å². The maximum atomic E-state index is 9.68. The number of amides is 4. The van der Waals surface area contributed by atoms with E-state index in [9.17, 15) is 4.79 Å². The molecule has 0 heterocycles. The highest BCUT2D eigenvalue weighted by atomic mass is 16.2. The first-order valence-electron chi connectivity index (χ1n) is 4.37. The number of nitrogens with zero attached hydrogens (tertiary/aromatic N) is 3. The van der Waals surface area contributed by atoms with Crippen molar-refractivity contribution in [2.75, 3.05) is 0 Å². The number of hydrogen-bond donors (Lipinski definition) is 10. The second-order valence-electron chi connectivity index (χ2n) is 2.37. The number of urea groups is 2. The predicted molar refractivity (Wildman–Crippen MR) is 76.7 cm³/mol. The number of hydrogen-bond acceptors (Lipinski definition) is 5. The van der Waals surface area contributed by atoms with Crippen LogP contribution >= 0.6 is 0 Å². The fraction of sp³-hybridized carbons (Fsp3) is 0. The third kappa shape index (κ3) is 342. The molecule has 4 amide bonds. The van der Waals surface area contributed by atoms with Crippen molar-refractivity contribution in [3.8, 4) is 6.19 Å². The third-order valence-electron chi connectivity index (χ3n) is 0.418. The van der Waals surface area contributed by atoms with Gasteiger partial charge in [0.15, 0.2) is 11.9 Å². The summed E-state index contributed by atoms with van der Waals surface area (Å²) >= 11 is 0. The molecule has 0 radical (unpaired) electrons. The minimum absolute atomic E-state index is 0.197. The molecule has 0 aromatic rings. The summed E-state index contributed by atoms with van der Waals surface area (Å²) in [7, 11) is 0. The monoisotopic (exact) mass is 305 g/mol. The fourth-order valence-electron chi connectivity index (χ4n) is 0.185. The van der Waals surface area contributed by atoms with Crippen LogP contribution in [0.5, 0.6) is 0 Å². The van der Waals surface area contributed by atoms with Crippen LogP contribution in [0, 0.1) is 16.9 Å². The SMILES string of the molecule is N#CN=C(N)N.N=C(N)N.NC(=O)N=C(N)N.NC(N)=O. The molecule has 15 heteroatoms. The van der Waals surface area contributed by atoms with Crippen LogP contribution in [-0.4, -0.2) is 29.9 Å². The van der Waals surface area contributed by atoms with Gasteiger partial charge in [-0.05, 0) is 0 Å². The van der Waals surface area contributed by atoms with Crippen molar-refractivity contribution in [2.24, 2.45) is 61.6 Å². The van der Waals surface area contributed by atoms with Crippen LogP contribution in [0.2, 0.25) is 0 Å². The molecule has 0 spiro atoms. The standard InChI is InChI=1S/C2H6N4O.C2H4N4.CH5N3.CH4N2O/c3-1(4)6-2(5)7;3-1-6-2(4)5;2*2-1(3)4/h(H6,3,4,5,6,7);(H4,4,5,6);(H5,2,3,4);(H4,2,3,4). The Morgan fingerprint density at radius 1 is 0.857 bits per heavy atom. The van der Waals surface area contributed by atoms with E-state index in [-0.39, 0.29) is 17.9 Å². The van der Waals surface area contributed by atoms with Crippen LogP contribution in [0.25, 0.3) is 0 Å². The van der Waals surface area contributed by atoms with Crippen molar-refractivity contribution in [1.29, 1.82) is 10.7 Å². The number of aliphatic imine (C=N–C) groups is 2. The van der Waals surface area contributed by atoms with Crippen LogP contribution in [0.3, 0.4) is 0 Å². The van der Waals surface area contributed by atoms with Crippen molar-refractivity contribution < 1.29 is 9.59 Å². The van der Waals surface area contributed by atoms with Gasteiger partial charge in [-0.1, -0.05) is 0 Å². The molecule has 120 valence electrons. The summed E-state index contributed by atoms with van der Waals surface area (Å²) in [6.45, 7) is 0. The maximum absolute atomic E-state index is 9.68. The van der Waals surface area contributed by atoms with E-state index in [2.05, 4.69) is 38.7 Å². The fourth-order valence-corrected chi connectivity index (χ4v) is 0.185. The summed E-state index contributed by atoms with van der Waals surface area (Å²) in [6, 6.07) is -1.71. The predicted octanol–water partition coefficient (Wildman–Crippen LogP) is -5.06. The van der Waals surface area contributed by atoms with Gasteiger partial charge in [0.05, 0.1) is 0 Å². The van der Waals surface area contributed by atoms with Gasteiger partial charge < -0.3 is 51.6 Å². The first kappa shape index (κ1) is 25.8. The Hall–Kier alpha value is -3.96. The van der Waals surface area contributed by atoms with Crippen molar-refractivity contribution in [3.63, 3.8) is 0 Å². The number of rotatable bonds is 0. The lowest BCUT2D eigenvalue weighted by Gasteiger charge is -1.82.